The predicted octanol–water partition coefficient (Wildman–Crippen LogP) is 2.19. The van der Waals surface area contributed by atoms with Gasteiger partial charge in [-0.1, -0.05) is 12.7 Å². The highest BCUT2D eigenvalue weighted by Crippen LogP contribution is 2.48. The fourth-order valence-corrected chi connectivity index (χ4v) is 4.25. The Morgan fingerprint density at radius 2 is 2.11 bits per heavy atom. The maximum absolute atomic E-state index is 12.5. The second-order valence-corrected chi connectivity index (χ2v) is 8.02. The minimum Gasteiger partial charge on any atom is -0.458 e. The first-order chi connectivity index (χ1) is 13.0. The summed E-state index contributed by atoms with van der Waals surface area (Å²) in [5, 5.41) is 11.1. The van der Waals surface area contributed by atoms with Gasteiger partial charge in [0.05, 0.1) is 17.6 Å². The van der Waals surface area contributed by atoms with Crippen LogP contribution in [0.5, 0.6) is 0 Å². The predicted molar refractivity (Wildman–Crippen MR) is 100 cm³/mol. The van der Waals surface area contributed by atoms with E-state index in [4.69, 9.17) is 18.9 Å². The number of fused-ring (bicyclic) bond motifs is 3. The van der Waals surface area contributed by atoms with Crippen LogP contribution in [-0.4, -0.2) is 53.9 Å². The zero-order valence-electron chi connectivity index (χ0n) is 17.0. The molecule has 0 radical (unpaired) electrons. The second-order valence-electron chi connectivity index (χ2n) is 8.02. The van der Waals surface area contributed by atoms with Crippen LogP contribution >= 0.6 is 0 Å². The third-order valence-corrected chi connectivity index (χ3v) is 6.14. The van der Waals surface area contributed by atoms with Gasteiger partial charge < -0.3 is 24.1 Å². The van der Waals surface area contributed by atoms with Crippen molar-refractivity contribution in [1.29, 1.82) is 0 Å². The van der Waals surface area contributed by atoms with Gasteiger partial charge in [-0.3, -0.25) is 0 Å². The third kappa shape index (κ3) is 3.32. The second kappa shape index (κ2) is 7.13. The number of hydrogen-bond donors (Lipinski definition) is 1. The van der Waals surface area contributed by atoms with E-state index in [9.17, 15) is 14.7 Å². The molecule has 0 aliphatic carbocycles. The number of esters is 2. The van der Waals surface area contributed by atoms with Crippen molar-refractivity contribution in [2.45, 2.75) is 70.2 Å². The fraction of sp³-hybridized carbons (Fsp3) is 0.619. The third-order valence-electron chi connectivity index (χ3n) is 6.14. The van der Waals surface area contributed by atoms with E-state index in [1.807, 2.05) is 6.92 Å². The average molecular weight is 392 g/mol. The van der Waals surface area contributed by atoms with Gasteiger partial charge in [-0.25, -0.2) is 9.59 Å². The van der Waals surface area contributed by atoms with E-state index >= 15 is 0 Å². The molecule has 6 atom stereocenters. The molecule has 0 aromatic carbocycles. The van der Waals surface area contributed by atoms with E-state index in [0.29, 0.717) is 11.1 Å². The summed E-state index contributed by atoms with van der Waals surface area (Å²) in [5.74, 6) is -3.13. The van der Waals surface area contributed by atoms with Gasteiger partial charge in [0, 0.05) is 31.1 Å². The monoisotopic (exact) mass is 392 g/mol. The molecule has 0 aromatic heterocycles. The molecule has 28 heavy (non-hydrogen) atoms. The minimum absolute atomic E-state index is 0.217. The molecule has 0 spiro atoms. The molecule has 3 aliphatic heterocycles. The van der Waals surface area contributed by atoms with E-state index in [2.05, 4.69) is 6.58 Å². The van der Waals surface area contributed by atoms with Gasteiger partial charge in [-0.2, -0.15) is 0 Å². The number of ether oxygens (including phenoxy) is 4. The Morgan fingerprint density at radius 1 is 1.43 bits per heavy atom. The number of carbonyl (C=O) groups excluding carboxylic acids is 2. The maximum atomic E-state index is 12.5. The van der Waals surface area contributed by atoms with Gasteiger partial charge in [0.25, 0.3) is 0 Å². The van der Waals surface area contributed by atoms with Crippen molar-refractivity contribution in [3.8, 4) is 0 Å². The van der Waals surface area contributed by atoms with Crippen molar-refractivity contribution in [3.05, 3.63) is 35.5 Å². The van der Waals surface area contributed by atoms with Gasteiger partial charge in [0.2, 0.25) is 0 Å². The molecule has 3 rings (SSSR count). The van der Waals surface area contributed by atoms with E-state index < -0.39 is 47.6 Å². The fourth-order valence-electron chi connectivity index (χ4n) is 4.25. The van der Waals surface area contributed by atoms with Gasteiger partial charge in [-0.05, 0) is 39.3 Å². The van der Waals surface area contributed by atoms with Crippen LogP contribution in [0, 0.1) is 5.92 Å². The molecule has 0 saturated carbocycles. The van der Waals surface area contributed by atoms with Gasteiger partial charge >= 0.3 is 11.9 Å². The van der Waals surface area contributed by atoms with Crippen LogP contribution in [0.15, 0.2) is 35.5 Å². The van der Waals surface area contributed by atoms with Crippen LogP contribution in [-0.2, 0) is 28.5 Å². The molecular formula is C21H28O7. The Morgan fingerprint density at radius 3 is 2.71 bits per heavy atom. The Bertz CT molecular complexity index is 767. The zero-order valence-corrected chi connectivity index (χ0v) is 17.0. The summed E-state index contributed by atoms with van der Waals surface area (Å²) in [6.45, 7) is 10.8. The molecule has 7 heteroatoms. The minimum atomic E-state index is -1.55. The number of rotatable bonds is 3. The molecule has 7 nitrogen and oxygen atoms in total. The van der Waals surface area contributed by atoms with Gasteiger partial charge in [0.1, 0.15) is 12.2 Å². The van der Waals surface area contributed by atoms with Crippen LogP contribution in [0.4, 0.5) is 0 Å². The lowest BCUT2D eigenvalue weighted by molar-refractivity contribution is -0.209. The van der Waals surface area contributed by atoms with Gasteiger partial charge in [-0.15, -0.1) is 0 Å². The summed E-state index contributed by atoms with van der Waals surface area (Å²) >= 11 is 0. The zero-order chi connectivity index (χ0) is 20.9. The van der Waals surface area contributed by atoms with E-state index in [0.717, 1.165) is 0 Å². The van der Waals surface area contributed by atoms with Crippen LogP contribution in [0.1, 0.15) is 40.5 Å². The molecule has 2 bridgehead atoms. The summed E-state index contributed by atoms with van der Waals surface area (Å²) < 4.78 is 22.9. The van der Waals surface area contributed by atoms with Crippen molar-refractivity contribution in [3.63, 3.8) is 0 Å². The summed E-state index contributed by atoms with van der Waals surface area (Å²) in [7, 11) is 1.55. The first-order valence-corrected chi connectivity index (χ1v) is 9.42. The lowest BCUT2D eigenvalue weighted by Crippen LogP contribution is -2.45. The highest BCUT2D eigenvalue weighted by molar-refractivity contribution is 5.92. The maximum Gasteiger partial charge on any atom is 0.334 e. The SMILES string of the molecule is C=C1C(=O)O[C@@H]2/C=C(/C)[C@@]3(O)C[C@@H](OC)[C@@](C)(C[C@@H](OC(=O)/C(C)=C\C)[C@@H]12)O3. The van der Waals surface area contributed by atoms with Crippen LogP contribution in [0.25, 0.3) is 0 Å². The van der Waals surface area contributed by atoms with E-state index in [1.165, 1.54) is 0 Å². The molecule has 2 fully saturated rings. The highest BCUT2D eigenvalue weighted by Gasteiger charge is 2.58. The summed E-state index contributed by atoms with van der Waals surface area (Å²) in [5.41, 5.74) is 0.282. The van der Waals surface area contributed by atoms with Crippen molar-refractivity contribution in [1.82, 2.24) is 0 Å². The molecule has 154 valence electrons. The van der Waals surface area contributed by atoms with Crippen LogP contribution < -0.4 is 0 Å². The lowest BCUT2D eigenvalue weighted by Gasteiger charge is -2.35. The van der Waals surface area contributed by atoms with Crippen molar-refractivity contribution in [2.24, 2.45) is 5.92 Å². The topological polar surface area (TPSA) is 91.3 Å². The number of methoxy groups -OCH3 is 1. The van der Waals surface area contributed by atoms with Crippen molar-refractivity contribution >= 4 is 11.9 Å². The largest absolute Gasteiger partial charge is 0.458 e. The highest BCUT2D eigenvalue weighted by atomic mass is 16.7. The standard InChI is InChI=1S/C21H28O7/c1-7-11(2)18(22)27-15-9-20(5)16(25-6)10-21(24,28-20)12(3)8-14-17(15)13(4)19(23)26-14/h7-8,14-17,24H,4,9-10H2,1-3,5-6H3/b11-7-,12-8-/t14-,15-,16-,17+,20-,21-/m1/s1. The van der Waals surface area contributed by atoms with Crippen LogP contribution in [0.2, 0.25) is 0 Å². The Kier molecular flexibility index (Phi) is 5.29. The first-order valence-electron chi connectivity index (χ1n) is 9.42. The smallest absolute Gasteiger partial charge is 0.334 e. The first kappa shape index (κ1) is 20.8. The average Bonchev–Trinajstić information content (AvgIpc) is 3.07. The Labute approximate surface area is 165 Å². The molecule has 2 saturated heterocycles. The normalized spacial score (nSPS) is 42.6. The molecular weight excluding hydrogens is 364 g/mol. The number of allylic oxidation sites excluding steroid dienone is 1. The molecule has 1 N–H and O–H groups in total. The number of aliphatic hydroxyl groups is 1. The molecule has 3 aliphatic rings. The van der Waals surface area contributed by atoms with Crippen molar-refractivity contribution in [2.75, 3.05) is 7.11 Å². The Balaban J connectivity index is 2.08. The van der Waals surface area contributed by atoms with Crippen LogP contribution in [0.3, 0.4) is 0 Å². The number of carbonyl (C=O) groups is 2. The molecule has 3 heterocycles. The van der Waals surface area contributed by atoms with E-state index in [1.54, 1.807) is 40.0 Å². The Hall–Kier alpha value is -1.96. The summed E-state index contributed by atoms with van der Waals surface area (Å²) in [4.78, 5) is 24.7. The summed E-state index contributed by atoms with van der Waals surface area (Å²) in [6.07, 6.45) is 1.91. The number of hydrogen-bond acceptors (Lipinski definition) is 7. The lowest BCUT2D eigenvalue weighted by atomic mass is 9.80. The van der Waals surface area contributed by atoms with E-state index in [-0.39, 0.29) is 18.4 Å². The molecule has 0 aromatic rings. The molecule has 0 unspecified atom stereocenters. The quantitative estimate of drug-likeness (QED) is 0.447. The molecule has 0 amide bonds. The summed E-state index contributed by atoms with van der Waals surface area (Å²) in [6, 6.07) is 0. The van der Waals surface area contributed by atoms with Crippen molar-refractivity contribution < 1.29 is 33.6 Å². The van der Waals surface area contributed by atoms with Gasteiger partial charge in [0.15, 0.2) is 5.79 Å².